The molecule has 0 saturated carbocycles. The van der Waals surface area contributed by atoms with Crippen LogP contribution in [-0.4, -0.2) is 39.7 Å². The van der Waals surface area contributed by atoms with Crippen molar-refractivity contribution in [3.05, 3.63) is 34.9 Å². The van der Waals surface area contributed by atoms with E-state index in [4.69, 9.17) is 21.4 Å². The highest BCUT2D eigenvalue weighted by molar-refractivity contribution is 6.30. The second-order valence-electron chi connectivity index (χ2n) is 8.36. The number of unbranched alkanes of at least 4 members (excludes halogenated alkanes) is 4. The molecule has 1 rings (SSSR count). The summed E-state index contributed by atoms with van der Waals surface area (Å²) in [5, 5.41) is 21.5. The second-order valence-corrected chi connectivity index (χ2v) is 8.80. The number of carboxylic acid groups (broad SMARTS) is 2. The van der Waals surface area contributed by atoms with E-state index in [-0.39, 0.29) is 18.9 Å². The van der Waals surface area contributed by atoms with Gasteiger partial charge >= 0.3 is 11.9 Å². The maximum absolute atomic E-state index is 13.3. The molecule has 1 aromatic carbocycles. The first-order valence-electron chi connectivity index (χ1n) is 11.9. The number of aliphatic carboxylic acids is 2. The van der Waals surface area contributed by atoms with Crippen LogP contribution in [0.5, 0.6) is 0 Å². The molecule has 0 saturated heterocycles. The number of carbonyl (C=O) groups is 3. The molecule has 0 aliphatic carbocycles. The van der Waals surface area contributed by atoms with E-state index in [9.17, 15) is 19.5 Å². The summed E-state index contributed by atoms with van der Waals surface area (Å²) in [5.41, 5.74) is -0.320. The molecule has 0 bridgehead atoms. The summed E-state index contributed by atoms with van der Waals surface area (Å²) in [6, 6.07) is 6.06. The summed E-state index contributed by atoms with van der Waals surface area (Å²) in [6.07, 6.45) is 5.99. The molecular weight excluding hydrogens is 446 g/mol. The number of halogens is 1. The van der Waals surface area contributed by atoms with Gasteiger partial charge in [-0.15, -0.1) is 0 Å². The van der Waals surface area contributed by atoms with Crippen LogP contribution in [0.15, 0.2) is 24.3 Å². The van der Waals surface area contributed by atoms with Gasteiger partial charge in [-0.1, -0.05) is 76.6 Å². The number of ether oxygens (including phenoxy) is 1. The Hall–Kier alpha value is -2.12. The molecule has 0 heterocycles. The highest BCUT2D eigenvalue weighted by Crippen LogP contribution is 2.34. The molecule has 8 heteroatoms. The predicted octanol–water partition coefficient (Wildman–Crippen LogP) is 5.75. The smallest absolute Gasteiger partial charge is 0.326 e. The van der Waals surface area contributed by atoms with Crippen LogP contribution in [0.4, 0.5) is 0 Å². The van der Waals surface area contributed by atoms with E-state index in [1.54, 1.807) is 12.1 Å². The Balaban J connectivity index is 3.07. The van der Waals surface area contributed by atoms with Crippen molar-refractivity contribution in [1.29, 1.82) is 0 Å². The van der Waals surface area contributed by atoms with Gasteiger partial charge in [-0.3, -0.25) is 9.59 Å². The van der Waals surface area contributed by atoms with Crippen LogP contribution in [0.25, 0.3) is 0 Å². The average Bonchev–Trinajstić information content (AvgIpc) is 2.79. The van der Waals surface area contributed by atoms with E-state index in [0.29, 0.717) is 17.9 Å². The van der Waals surface area contributed by atoms with E-state index >= 15 is 0 Å². The van der Waals surface area contributed by atoms with Crippen LogP contribution < -0.4 is 5.32 Å². The zero-order valence-electron chi connectivity index (χ0n) is 19.9. The largest absolute Gasteiger partial charge is 0.481 e. The first-order valence-corrected chi connectivity index (χ1v) is 12.3. The Morgan fingerprint density at radius 2 is 1.58 bits per heavy atom. The summed E-state index contributed by atoms with van der Waals surface area (Å²) in [5.74, 6) is -2.92. The van der Waals surface area contributed by atoms with Crippen molar-refractivity contribution in [2.45, 2.75) is 103 Å². The van der Waals surface area contributed by atoms with E-state index in [2.05, 4.69) is 12.2 Å². The Morgan fingerprint density at radius 1 is 0.970 bits per heavy atom. The molecule has 1 aromatic rings. The van der Waals surface area contributed by atoms with Crippen LogP contribution in [-0.2, 0) is 19.1 Å². The highest BCUT2D eigenvalue weighted by Gasteiger charge is 2.40. The van der Waals surface area contributed by atoms with Gasteiger partial charge in [0.15, 0.2) is 0 Å². The van der Waals surface area contributed by atoms with E-state index in [1.165, 1.54) is 6.42 Å². The van der Waals surface area contributed by atoms with Gasteiger partial charge < -0.3 is 20.3 Å². The molecule has 0 radical (unpaired) electrons. The Bertz CT molecular complexity index is 748. The van der Waals surface area contributed by atoms with Gasteiger partial charge in [0.05, 0.1) is 6.10 Å². The minimum atomic E-state index is -1.29. The normalized spacial score (nSPS) is 13.3. The van der Waals surface area contributed by atoms with Gasteiger partial charge in [0.25, 0.3) is 5.91 Å². The molecule has 0 fully saturated rings. The van der Waals surface area contributed by atoms with E-state index < -0.39 is 29.5 Å². The molecule has 1 amide bonds. The number of rotatable bonds is 17. The van der Waals surface area contributed by atoms with Gasteiger partial charge in [0.2, 0.25) is 0 Å². The Morgan fingerprint density at radius 3 is 2.09 bits per heavy atom. The van der Waals surface area contributed by atoms with Gasteiger partial charge in [-0.25, -0.2) is 4.79 Å². The number of benzene rings is 1. The zero-order chi connectivity index (χ0) is 24.9. The van der Waals surface area contributed by atoms with Crippen molar-refractivity contribution < 1.29 is 29.3 Å². The molecule has 3 N–H and O–H groups in total. The lowest BCUT2D eigenvalue weighted by Crippen LogP contribution is -2.53. The van der Waals surface area contributed by atoms with Crippen molar-refractivity contribution in [1.82, 2.24) is 5.32 Å². The lowest BCUT2D eigenvalue weighted by atomic mass is 9.93. The summed E-state index contributed by atoms with van der Waals surface area (Å²) in [4.78, 5) is 35.7. The lowest BCUT2D eigenvalue weighted by Gasteiger charge is -2.36. The molecule has 33 heavy (non-hydrogen) atoms. The van der Waals surface area contributed by atoms with E-state index in [0.717, 1.165) is 37.7 Å². The molecule has 7 nitrogen and oxygen atoms in total. The standard InChI is InChI=1S/C25H38ClNO6/c1-4-7-8-9-10-11-21(18-12-14-19(26)15-13-18)33-25(5-2,6-3)24(32)27-20(23(30)31)16-17-22(28)29/h12-15,20-21H,4-11,16-17H2,1-3H3,(H,27,32)(H,28,29)(H,30,31). The fraction of sp³-hybridized carbons (Fsp3) is 0.640. The van der Waals surface area contributed by atoms with Crippen LogP contribution in [0.1, 0.15) is 96.6 Å². The van der Waals surface area contributed by atoms with Crippen molar-refractivity contribution in [2.75, 3.05) is 0 Å². The topological polar surface area (TPSA) is 113 Å². The molecule has 2 unspecified atom stereocenters. The molecule has 0 aromatic heterocycles. The zero-order valence-corrected chi connectivity index (χ0v) is 20.7. The minimum absolute atomic E-state index is 0.196. The number of carbonyl (C=O) groups excluding carboxylic acids is 1. The average molecular weight is 484 g/mol. The number of carboxylic acids is 2. The van der Waals surface area contributed by atoms with E-state index in [1.807, 2.05) is 26.0 Å². The molecule has 0 aliphatic rings. The third kappa shape index (κ3) is 9.72. The van der Waals surface area contributed by atoms with Crippen LogP contribution in [0.3, 0.4) is 0 Å². The predicted molar refractivity (Wildman–Crippen MR) is 128 cm³/mol. The molecular formula is C25H38ClNO6. The number of amides is 1. The summed E-state index contributed by atoms with van der Waals surface area (Å²) in [7, 11) is 0. The minimum Gasteiger partial charge on any atom is -0.481 e. The van der Waals surface area contributed by atoms with Crippen molar-refractivity contribution >= 4 is 29.4 Å². The van der Waals surface area contributed by atoms with Gasteiger partial charge in [-0.2, -0.15) is 0 Å². The Labute approximate surface area is 201 Å². The Kier molecular flexibility index (Phi) is 13.1. The van der Waals surface area contributed by atoms with Gasteiger partial charge in [-0.05, 0) is 43.4 Å². The van der Waals surface area contributed by atoms with Crippen LogP contribution >= 0.6 is 11.6 Å². The number of hydrogen-bond donors (Lipinski definition) is 3. The third-order valence-electron chi connectivity index (χ3n) is 5.99. The van der Waals surface area contributed by atoms with Crippen molar-refractivity contribution in [3.8, 4) is 0 Å². The maximum atomic E-state index is 13.3. The monoisotopic (exact) mass is 483 g/mol. The van der Waals surface area contributed by atoms with Crippen molar-refractivity contribution in [2.24, 2.45) is 0 Å². The quantitative estimate of drug-likeness (QED) is 0.243. The van der Waals surface area contributed by atoms with Gasteiger partial charge in [0.1, 0.15) is 11.6 Å². The summed E-state index contributed by atoms with van der Waals surface area (Å²) < 4.78 is 6.47. The molecule has 0 aliphatic heterocycles. The number of nitrogens with one attached hydrogen (secondary N) is 1. The first-order chi connectivity index (χ1) is 15.7. The summed E-state index contributed by atoms with van der Waals surface area (Å²) >= 11 is 6.05. The fourth-order valence-corrected chi connectivity index (χ4v) is 3.91. The molecule has 186 valence electrons. The van der Waals surface area contributed by atoms with Gasteiger partial charge in [0, 0.05) is 11.4 Å². The molecule has 2 atom stereocenters. The first kappa shape index (κ1) is 28.9. The highest BCUT2D eigenvalue weighted by atomic mass is 35.5. The lowest BCUT2D eigenvalue weighted by molar-refractivity contribution is -0.162. The van der Waals surface area contributed by atoms with Crippen molar-refractivity contribution in [3.63, 3.8) is 0 Å². The SMILES string of the molecule is CCCCCCCC(OC(CC)(CC)C(=O)NC(CCC(=O)O)C(=O)O)c1ccc(Cl)cc1. The number of hydrogen-bond acceptors (Lipinski definition) is 4. The maximum Gasteiger partial charge on any atom is 0.326 e. The molecule has 0 spiro atoms. The van der Waals surface area contributed by atoms with Crippen LogP contribution in [0, 0.1) is 0 Å². The third-order valence-corrected chi connectivity index (χ3v) is 6.24. The second kappa shape index (κ2) is 14.9. The fourth-order valence-electron chi connectivity index (χ4n) is 3.78. The van der Waals surface area contributed by atoms with Crippen LogP contribution in [0.2, 0.25) is 5.02 Å². The summed E-state index contributed by atoms with van der Waals surface area (Å²) in [6.45, 7) is 5.82.